The molecular weight excluding hydrogens is 268 g/mol. The van der Waals surface area contributed by atoms with Gasteiger partial charge in [-0.1, -0.05) is 47.6 Å². The molecule has 5 nitrogen and oxygen atoms in total. The summed E-state index contributed by atoms with van der Waals surface area (Å²) in [6, 6.07) is 16.3. The van der Waals surface area contributed by atoms with Crippen LogP contribution in [0.1, 0.15) is 24.5 Å². The van der Waals surface area contributed by atoms with Crippen molar-refractivity contribution in [1.29, 1.82) is 0 Å². The number of rotatable bonds is 3. The van der Waals surface area contributed by atoms with Gasteiger partial charge in [0.1, 0.15) is 0 Å². The van der Waals surface area contributed by atoms with Crippen molar-refractivity contribution in [2.24, 2.45) is 5.16 Å². The Kier molecular flexibility index (Phi) is 3.17. The van der Waals surface area contributed by atoms with Crippen molar-refractivity contribution < 1.29 is 9.76 Å². The first kappa shape index (κ1) is 13.3. The Morgan fingerprint density at radius 1 is 1.19 bits per heavy atom. The van der Waals surface area contributed by atoms with E-state index in [1.807, 2.05) is 43.3 Å². The molecule has 0 spiro atoms. The van der Waals surface area contributed by atoms with Crippen LogP contribution in [0.3, 0.4) is 0 Å². The Hall–Kier alpha value is -2.69. The van der Waals surface area contributed by atoms with Crippen LogP contribution in [0.25, 0.3) is 0 Å². The SMILES string of the molecule is CC1(c2ccccc2)CC(c2cccc([N+](=O)[O-])c2)=NO1. The number of nitro benzene ring substituents is 1. The topological polar surface area (TPSA) is 64.7 Å². The predicted octanol–water partition coefficient (Wildman–Crippen LogP) is 3.63. The van der Waals surface area contributed by atoms with Crippen molar-refractivity contribution in [3.63, 3.8) is 0 Å². The molecule has 0 aromatic heterocycles. The first-order valence-electron chi connectivity index (χ1n) is 6.64. The lowest BCUT2D eigenvalue weighted by molar-refractivity contribution is -0.384. The zero-order valence-electron chi connectivity index (χ0n) is 11.5. The molecule has 3 rings (SSSR count). The summed E-state index contributed by atoms with van der Waals surface area (Å²) >= 11 is 0. The summed E-state index contributed by atoms with van der Waals surface area (Å²) in [5.74, 6) is 0. The molecule has 0 aliphatic carbocycles. The van der Waals surface area contributed by atoms with Gasteiger partial charge in [0.2, 0.25) is 0 Å². The lowest BCUT2D eigenvalue weighted by Gasteiger charge is -2.21. The van der Waals surface area contributed by atoms with Crippen molar-refractivity contribution in [1.82, 2.24) is 0 Å². The number of nitrogens with zero attached hydrogens (tertiary/aromatic N) is 2. The standard InChI is InChI=1S/C16H14N2O3/c1-16(13-7-3-2-4-8-13)11-15(17-21-16)12-6-5-9-14(10-12)18(19)20/h2-10H,11H2,1H3. The van der Waals surface area contributed by atoms with Gasteiger partial charge >= 0.3 is 0 Å². The van der Waals surface area contributed by atoms with E-state index in [2.05, 4.69) is 5.16 Å². The number of oxime groups is 1. The normalized spacial score (nSPS) is 20.7. The molecule has 1 atom stereocenters. The fourth-order valence-electron chi connectivity index (χ4n) is 2.44. The Bertz CT molecular complexity index is 712. The first-order valence-corrected chi connectivity index (χ1v) is 6.64. The minimum atomic E-state index is -0.527. The number of hydrogen-bond acceptors (Lipinski definition) is 4. The van der Waals surface area contributed by atoms with Crippen molar-refractivity contribution in [3.8, 4) is 0 Å². The highest BCUT2D eigenvalue weighted by Crippen LogP contribution is 2.36. The van der Waals surface area contributed by atoms with Gasteiger partial charge < -0.3 is 4.84 Å². The predicted molar refractivity (Wildman–Crippen MR) is 79.1 cm³/mol. The summed E-state index contributed by atoms with van der Waals surface area (Å²) < 4.78 is 0. The molecule has 2 aromatic rings. The van der Waals surface area contributed by atoms with E-state index in [0.717, 1.165) is 16.8 Å². The van der Waals surface area contributed by atoms with Crippen LogP contribution in [-0.2, 0) is 10.4 Å². The Labute approximate surface area is 122 Å². The maximum atomic E-state index is 10.9. The molecule has 1 heterocycles. The maximum Gasteiger partial charge on any atom is 0.270 e. The van der Waals surface area contributed by atoms with Crippen LogP contribution in [-0.4, -0.2) is 10.6 Å². The summed E-state index contributed by atoms with van der Waals surface area (Å²) in [5.41, 5.74) is 2.02. The van der Waals surface area contributed by atoms with Crippen molar-refractivity contribution in [3.05, 3.63) is 75.8 Å². The molecule has 0 N–H and O–H groups in total. The monoisotopic (exact) mass is 282 g/mol. The number of nitro groups is 1. The van der Waals surface area contributed by atoms with Crippen LogP contribution >= 0.6 is 0 Å². The third-order valence-corrected chi connectivity index (χ3v) is 3.64. The van der Waals surface area contributed by atoms with Crippen LogP contribution in [0, 0.1) is 10.1 Å². The number of benzene rings is 2. The summed E-state index contributed by atoms with van der Waals surface area (Å²) in [5, 5.41) is 15.0. The Morgan fingerprint density at radius 3 is 2.67 bits per heavy atom. The van der Waals surface area contributed by atoms with Gasteiger partial charge in [-0.15, -0.1) is 0 Å². The van der Waals surface area contributed by atoms with Gasteiger partial charge in [-0.2, -0.15) is 0 Å². The molecule has 5 heteroatoms. The smallest absolute Gasteiger partial charge is 0.270 e. The second-order valence-corrected chi connectivity index (χ2v) is 5.21. The molecular formula is C16H14N2O3. The molecule has 0 saturated carbocycles. The van der Waals surface area contributed by atoms with Crippen molar-refractivity contribution in [2.75, 3.05) is 0 Å². The molecule has 0 saturated heterocycles. The lowest BCUT2D eigenvalue weighted by atomic mass is 9.89. The largest absolute Gasteiger partial charge is 0.384 e. The molecule has 1 aliphatic heterocycles. The molecule has 0 bridgehead atoms. The molecule has 1 aliphatic rings. The van der Waals surface area contributed by atoms with Gasteiger partial charge in [0.25, 0.3) is 5.69 Å². The highest BCUT2D eigenvalue weighted by atomic mass is 16.7. The third kappa shape index (κ3) is 2.50. The van der Waals surface area contributed by atoms with Crippen LogP contribution in [0.4, 0.5) is 5.69 Å². The van der Waals surface area contributed by atoms with E-state index in [1.54, 1.807) is 6.07 Å². The maximum absolute atomic E-state index is 10.9. The molecule has 2 aromatic carbocycles. The van der Waals surface area contributed by atoms with E-state index >= 15 is 0 Å². The highest BCUT2D eigenvalue weighted by Gasteiger charge is 2.36. The first-order chi connectivity index (χ1) is 10.1. The van der Waals surface area contributed by atoms with E-state index in [4.69, 9.17) is 4.84 Å². The molecule has 1 unspecified atom stereocenters. The van der Waals surface area contributed by atoms with Gasteiger partial charge in [-0.25, -0.2) is 0 Å². The molecule has 0 fully saturated rings. The van der Waals surface area contributed by atoms with Crippen molar-refractivity contribution >= 4 is 11.4 Å². The van der Waals surface area contributed by atoms with Gasteiger partial charge in [-0.3, -0.25) is 10.1 Å². The Morgan fingerprint density at radius 2 is 1.95 bits per heavy atom. The minimum absolute atomic E-state index is 0.0588. The molecule has 0 amide bonds. The zero-order valence-corrected chi connectivity index (χ0v) is 11.5. The minimum Gasteiger partial charge on any atom is -0.384 e. The summed E-state index contributed by atoms with van der Waals surface area (Å²) in [6.45, 7) is 1.97. The fraction of sp³-hybridized carbons (Fsp3) is 0.188. The van der Waals surface area contributed by atoms with Crippen LogP contribution in [0.5, 0.6) is 0 Å². The van der Waals surface area contributed by atoms with Crippen LogP contribution in [0.15, 0.2) is 59.8 Å². The van der Waals surface area contributed by atoms with Crippen LogP contribution < -0.4 is 0 Å². The van der Waals surface area contributed by atoms with E-state index in [-0.39, 0.29) is 5.69 Å². The van der Waals surface area contributed by atoms with Crippen molar-refractivity contribution in [2.45, 2.75) is 18.9 Å². The highest BCUT2D eigenvalue weighted by molar-refractivity contribution is 6.02. The van der Waals surface area contributed by atoms with E-state index in [0.29, 0.717) is 6.42 Å². The lowest BCUT2D eigenvalue weighted by Crippen LogP contribution is -2.21. The van der Waals surface area contributed by atoms with E-state index < -0.39 is 10.5 Å². The fourth-order valence-corrected chi connectivity index (χ4v) is 2.44. The zero-order chi connectivity index (χ0) is 14.9. The van der Waals surface area contributed by atoms with Crippen LogP contribution in [0.2, 0.25) is 0 Å². The van der Waals surface area contributed by atoms with Gasteiger partial charge in [0.05, 0.1) is 10.6 Å². The van der Waals surface area contributed by atoms with Gasteiger partial charge in [0, 0.05) is 24.1 Å². The second kappa shape index (κ2) is 5.01. The third-order valence-electron chi connectivity index (χ3n) is 3.64. The summed E-state index contributed by atoms with van der Waals surface area (Å²) in [7, 11) is 0. The van der Waals surface area contributed by atoms with E-state index in [9.17, 15) is 10.1 Å². The molecule has 0 radical (unpaired) electrons. The van der Waals surface area contributed by atoms with Gasteiger partial charge in [-0.05, 0) is 12.5 Å². The van der Waals surface area contributed by atoms with Gasteiger partial charge in [0.15, 0.2) is 5.60 Å². The summed E-state index contributed by atoms with van der Waals surface area (Å²) in [4.78, 5) is 16.1. The molecule has 106 valence electrons. The number of non-ortho nitro benzene ring substituents is 1. The Balaban J connectivity index is 1.87. The number of hydrogen-bond donors (Lipinski definition) is 0. The summed E-state index contributed by atoms with van der Waals surface area (Å²) in [6.07, 6.45) is 0.582. The molecule has 21 heavy (non-hydrogen) atoms. The second-order valence-electron chi connectivity index (χ2n) is 5.21. The quantitative estimate of drug-likeness (QED) is 0.637. The average Bonchev–Trinajstić information content (AvgIpc) is 2.92. The van der Waals surface area contributed by atoms with E-state index in [1.165, 1.54) is 12.1 Å². The average molecular weight is 282 g/mol.